The van der Waals surface area contributed by atoms with Crippen molar-refractivity contribution >= 4 is 0 Å². The molecule has 0 saturated heterocycles. The molecule has 0 aliphatic heterocycles. The predicted octanol–water partition coefficient (Wildman–Crippen LogP) is 1.05. The highest BCUT2D eigenvalue weighted by atomic mass is 15.1. The van der Waals surface area contributed by atoms with Crippen LogP contribution in [-0.2, 0) is 13.0 Å². The lowest BCUT2D eigenvalue weighted by molar-refractivity contribution is 0.503. The minimum atomic E-state index is 0.504. The van der Waals surface area contributed by atoms with Crippen LogP contribution in [0.5, 0.6) is 0 Å². The maximum Gasteiger partial charge on any atom is 0.108 e. The summed E-state index contributed by atoms with van der Waals surface area (Å²) in [6.45, 7) is 5.29. The fourth-order valence-corrected chi connectivity index (χ4v) is 1.21. The largest absolute Gasteiger partial charge is 0.333 e. The summed E-state index contributed by atoms with van der Waals surface area (Å²) in [7, 11) is 1.98. The molecule has 1 atom stereocenters. The van der Waals surface area contributed by atoms with Crippen LogP contribution in [-0.4, -0.2) is 22.6 Å². The Morgan fingerprint density at radius 3 is 3.00 bits per heavy atom. The van der Waals surface area contributed by atoms with Crippen molar-refractivity contribution in [1.82, 2.24) is 14.9 Å². The van der Waals surface area contributed by atoms with E-state index in [1.54, 1.807) is 0 Å². The van der Waals surface area contributed by atoms with Gasteiger partial charge in [-0.15, -0.1) is 0 Å². The van der Waals surface area contributed by atoms with Crippen LogP contribution in [0.2, 0.25) is 0 Å². The van der Waals surface area contributed by atoms with E-state index in [9.17, 15) is 0 Å². The van der Waals surface area contributed by atoms with E-state index in [0.717, 1.165) is 18.8 Å². The third-order valence-electron chi connectivity index (χ3n) is 2.08. The molecular formula is C9H17N3. The monoisotopic (exact) mass is 167 g/mol. The Morgan fingerprint density at radius 1 is 1.67 bits per heavy atom. The maximum absolute atomic E-state index is 4.26. The van der Waals surface area contributed by atoms with Gasteiger partial charge in [-0.1, -0.05) is 6.92 Å². The van der Waals surface area contributed by atoms with Crippen LogP contribution in [0.15, 0.2) is 12.4 Å². The van der Waals surface area contributed by atoms with Crippen molar-refractivity contribution in [3.05, 3.63) is 18.2 Å². The minimum absolute atomic E-state index is 0.504. The van der Waals surface area contributed by atoms with Crippen LogP contribution in [0.1, 0.15) is 19.7 Å². The van der Waals surface area contributed by atoms with E-state index in [-0.39, 0.29) is 0 Å². The zero-order valence-electron chi connectivity index (χ0n) is 8.04. The Balaban J connectivity index is 2.61. The first kappa shape index (κ1) is 9.26. The number of rotatable bonds is 4. The van der Waals surface area contributed by atoms with Crippen LogP contribution >= 0.6 is 0 Å². The van der Waals surface area contributed by atoms with Crippen LogP contribution in [0, 0.1) is 0 Å². The summed E-state index contributed by atoms with van der Waals surface area (Å²) < 4.78 is 2.20. The first-order valence-electron chi connectivity index (χ1n) is 4.45. The Labute approximate surface area is 73.8 Å². The van der Waals surface area contributed by atoms with Gasteiger partial charge in [0, 0.05) is 31.4 Å². The van der Waals surface area contributed by atoms with Gasteiger partial charge in [0.2, 0.25) is 0 Å². The van der Waals surface area contributed by atoms with Gasteiger partial charge in [0.15, 0.2) is 0 Å². The molecule has 0 aromatic carbocycles. The van der Waals surface area contributed by atoms with Crippen molar-refractivity contribution in [3.8, 4) is 0 Å². The van der Waals surface area contributed by atoms with Gasteiger partial charge in [-0.25, -0.2) is 4.98 Å². The standard InChI is InChI=1S/C9H17N3/c1-4-9-11-5-6-12(9)7-8(2)10-3/h5-6,8,10H,4,7H2,1-3H3. The minimum Gasteiger partial charge on any atom is -0.333 e. The molecule has 68 valence electrons. The van der Waals surface area contributed by atoms with Crippen molar-refractivity contribution < 1.29 is 0 Å². The summed E-state index contributed by atoms with van der Waals surface area (Å²) in [5.41, 5.74) is 0. The van der Waals surface area contributed by atoms with Crippen LogP contribution in [0.3, 0.4) is 0 Å². The Morgan fingerprint density at radius 2 is 2.42 bits per heavy atom. The molecule has 1 heterocycles. The van der Waals surface area contributed by atoms with E-state index in [1.165, 1.54) is 0 Å². The number of imidazole rings is 1. The van der Waals surface area contributed by atoms with E-state index in [4.69, 9.17) is 0 Å². The lowest BCUT2D eigenvalue weighted by atomic mass is 10.3. The first-order chi connectivity index (χ1) is 5.77. The first-order valence-corrected chi connectivity index (χ1v) is 4.45. The Bertz CT molecular complexity index is 229. The highest BCUT2D eigenvalue weighted by Crippen LogP contribution is 1.99. The van der Waals surface area contributed by atoms with Gasteiger partial charge in [-0.05, 0) is 14.0 Å². The number of nitrogens with zero attached hydrogens (tertiary/aromatic N) is 2. The van der Waals surface area contributed by atoms with Crippen molar-refractivity contribution in [3.63, 3.8) is 0 Å². The molecule has 1 rings (SSSR count). The molecule has 1 N–H and O–H groups in total. The zero-order chi connectivity index (χ0) is 8.97. The van der Waals surface area contributed by atoms with E-state index >= 15 is 0 Å². The second-order valence-corrected chi connectivity index (χ2v) is 3.04. The van der Waals surface area contributed by atoms with Gasteiger partial charge in [0.1, 0.15) is 5.82 Å². The Hall–Kier alpha value is -0.830. The van der Waals surface area contributed by atoms with Crippen molar-refractivity contribution in [2.45, 2.75) is 32.9 Å². The highest BCUT2D eigenvalue weighted by Gasteiger charge is 2.03. The molecular weight excluding hydrogens is 150 g/mol. The number of likely N-dealkylation sites (N-methyl/N-ethyl adjacent to an activating group) is 1. The molecule has 0 saturated carbocycles. The van der Waals surface area contributed by atoms with Crippen LogP contribution in [0.25, 0.3) is 0 Å². The summed E-state index contributed by atoms with van der Waals surface area (Å²) in [6.07, 6.45) is 4.90. The molecule has 0 fully saturated rings. The van der Waals surface area contributed by atoms with E-state index < -0.39 is 0 Å². The summed E-state index contributed by atoms with van der Waals surface area (Å²) in [4.78, 5) is 4.26. The number of hydrogen-bond donors (Lipinski definition) is 1. The summed E-state index contributed by atoms with van der Waals surface area (Å²) in [6, 6.07) is 0.504. The fourth-order valence-electron chi connectivity index (χ4n) is 1.21. The molecule has 0 spiro atoms. The second-order valence-electron chi connectivity index (χ2n) is 3.04. The van der Waals surface area contributed by atoms with Crippen LogP contribution in [0.4, 0.5) is 0 Å². The lowest BCUT2D eigenvalue weighted by Gasteiger charge is -2.12. The fraction of sp³-hybridized carbons (Fsp3) is 0.667. The van der Waals surface area contributed by atoms with Crippen molar-refractivity contribution in [1.29, 1.82) is 0 Å². The molecule has 12 heavy (non-hydrogen) atoms. The maximum atomic E-state index is 4.26. The molecule has 1 aromatic heterocycles. The lowest BCUT2D eigenvalue weighted by Crippen LogP contribution is -2.27. The van der Waals surface area contributed by atoms with Gasteiger partial charge < -0.3 is 9.88 Å². The normalized spacial score (nSPS) is 13.2. The molecule has 1 unspecified atom stereocenters. The second kappa shape index (κ2) is 4.26. The predicted molar refractivity (Wildman–Crippen MR) is 50.1 cm³/mol. The molecule has 3 nitrogen and oxygen atoms in total. The molecule has 0 aliphatic rings. The molecule has 1 aromatic rings. The number of nitrogens with one attached hydrogen (secondary N) is 1. The molecule has 0 aliphatic carbocycles. The quantitative estimate of drug-likeness (QED) is 0.726. The van der Waals surface area contributed by atoms with E-state index in [0.29, 0.717) is 6.04 Å². The molecule has 0 radical (unpaired) electrons. The van der Waals surface area contributed by atoms with Gasteiger partial charge in [0.05, 0.1) is 0 Å². The zero-order valence-corrected chi connectivity index (χ0v) is 8.04. The average molecular weight is 167 g/mol. The summed E-state index contributed by atoms with van der Waals surface area (Å²) in [5.74, 6) is 1.16. The molecule has 0 amide bonds. The van der Waals surface area contributed by atoms with Gasteiger partial charge in [-0.3, -0.25) is 0 Å². The smallest absolute Gasteiger partial charge is 0.108 e. The number of aromatic nitrogens is 2. The molecule has 3 heteroatoms. The van der Waals surface area contributed by atoms with E-state index in [2.05, 4.69) is 28.7 Å². The topological polar surface area (TPSA) is 29.9 Å². The highest BCUT2D eigenvalue weighted by molar-refractivity contribution is 4.92. The summed E-state index contributed by atoms with van der Waals surface area (Å²) in [5, 5.41) is 3.21. The SMILES string of the molecule is CCc1nccn1CC(C)NC. The van der Waals surface area contributed by atoms with Crippen molar-refractivity contribution in [2.24, 2.45) is 0 Å². The number of hydrogen-bond acceptors (Lipinski definition) is 2. The van der Waals surface area contributed by atoms with E-state index in [1.807, 2.05) is 19.4 Å². The van der Waals surface area contributed by atoms with Gasteiger partial charge in [-0.2, -0.15) is 0 Å². The van der Waals surface area contributed by atoms with Crippen LogP contribution < -0.4 is 5.32 Å². The average Bonchev–Trinajstić information content (AvgIpc) is 2.51. The van der Waals surface area contributed by atoms with Crippen molar-refractivity contribution in [2.75, 3.05) is 7.05 Å². The van der Waals surface area contributed by atoms with Gasteiger partial charge >= 0.3 is 0 Å². The Kier molecular flexibility index (Phi) is 3.29. The molecule has 0 bridgehead atoms. The summed E-state index contributed by atoms with van der Waals surface area (Å²) >= 11 is 0. The third kappa shape index (κ3) is 2.08. The third-order valence-corrected chi connectivity index (χ3v) is 2.08. The number of aryl methyl sites for hydroxylation is 1. The van der Waals surface area contributed by atoms with Gasteiger partial charge in [0.25, 0.3) is 0 Å².